The molecular weight excluding hydrogens is 343 g/mol. The molecule has 0 heterocycles. The third-order valence-electron chi connectivity index (χ3n) is 2.63. The van der Waals surface area contributed by atoms with E-state index >= 15 is 0 Å². The van der Waals surface area contributed by atoms with Crippen LogP contribution in [0.15, 0.2) is 24.3 Å². The first-order valence-corrected chi connectivity index (χ1v) is 7.00. The van der Waals surface area contributed by atoms with Crippen LogP contribution in [-0.4, -0.2) is 7.05 Å². The lowest BCUT2D eigenvalue weighted by molar-refractivity contribution is 0.406. The largest absolute Gasteiger partial charge is 0.450 e. The first kappa shape index (κ1) is 16.3. The average Bonchev–Trinajstić information content (AvgIpc) is 2.40. The predicted octanol–water partition coefficient (Wildman–Crippen LogP) is 5.44. The van der Waals surface area contributed by atoms with E-state index in [2.05, 4.69) is 5.32 Å². The van der Waals surface area contributed by atoms with Crippen LogP contribution in [0.3, 0.4) is 0 Å². The van der Waals surface area contributed by atoms with Crippen molar-refractivity contribution in [1.82, 2.24) is 5.32 Å². The Morgan fingerprint density at radius 2 is 1.52 bits per heavy atom. The number of rotatable bonds is 4. The van der Waals surface area contributed by atoms with Crippen molar-refractivity contribution in [3.8, 4) is 11.5 Å². The van der Waals surface area contributed by atoms with Gasteiger partial charge in [-0.3, -0.25) is 0 Å². The molecule has 0 saturated heterocycles. The number of ether oxygens (including phenoxy) is 1. The van der Waals surface area contributed by atoms with E-state index in [0.29, 0.717) is 12.1 Å². The number of halogens is 5. The van der Waals surface area contributed by atoms with Gasteiger partial charge in [0, 0.05) is 12.6 Å². The van der Waals surface area contributed by atoms with Crippen molar-refractivity contribution in [2.24, 2.45) is 0 Å². The monoisotopic (exact) mass is 351 g/mol. The summed E-state index contributed by atoms with van der Waals surface area (Å²) in [7, 11) is 1.68. The molecule has 0 fully saturated rings. The van der Waals surface area contributed by atoms with Crippen LogP contribution < -0.4 is 10.1 Å². The van der Waals surface area contributed by atoms with E-state index in [1.54, 1.807) is 7.05 Å². The molecule has 0 aliphatic heterocycles. The van der Waals surface area contributed by atoms with Gasteiger partial charge in [-0.15, -0.1) is 0 Å². The van der Waals surface area contributed by atoms with Crippen molar-refractivity contribution >= 4 is 34.8 Å². The normalized spacial score (nSPS) is 10.8. The fourth-order valence-corrected chi connectivity index (χ4v) is 2.28. The van der Waals surface area contributed by atoms with Crippen molar-refractivity contribution in [1.29, 1.82) is 0 Å². The molecule has 2 aromatic carbocycles. The second-order valence-electron chi connectivity index (χ2n) is 4.22. The zero-order valence-corrected chi connectivity index (χ0v) is 13.1. The summed E-state index contributed by atoms with van der Waals surface area (Å²) in [6, 6.07) is 5.00. The molecule has 0 saturated carbocycles. The van der Waals surface area contributed by atoms with Crippen LogP contribution in [0.1, 0.15) is 5.56 Å². The highest BCUT2D eigenvalue weighted by molar-refractivity contribution is 6.43. The Morgan fingerprint density at radius 3 is 2.10 bits per heavy atom. The van der Waals surface area contributed by atoms with Crippen LogP contribution in [0.5, 0.6) is 11.5 Å². The van der Waals surface area contributed by atoms with Gasteiger partial charge in [-0.05, 0) is 30.8 Å². The van der Waals surface area contributed by atoms with Gasteiger partial charge < -0.3 is 10.1 Å². The minimum atomic E-state index is -0.831. The molecule has 2 aromatic rings. The average molecular weight is 353 g/mol. The Morgan fingerprint density at radius 1 is 0.952 bits per heavy atom. The SMILES string of the molecule is CNCc1cc(F)c(Oc2cc(Cl)c(Cl)cc2Cl)c(F)c1. The highest BCUT2D eigenvalue weighted by atomic mass is 35.5. The van der Waals surface area contributed by atoms with Crippen molar-refractivity contribution in [2.45, 2.75) is 6.54 Å². The van der Waals surface area contributed by atoms with E-state index in [4.69, 9.17) is 39.5 Å². The minimum absolute atomic E-state index is 0.0187. The molecule has 7 heteroatoms. The van der Waals surface area contributed by atoms with Gasteiger partial charge in [0.25, 0.3) is 0 Å². The number of hydrogen-bond donors (Lipinski definition) is 1. The maximum Gasteiger partial charge on any atom is 0.198 e. The first-order chi connectivity index (χ1) is 9.92. The quantitative estimate of drug-likeness (QED) is 0.740. The fraction of sp³-hybridized carbons (Fsp3) is 0.143. The molecule has 112 valence electrons. The van der Waals surface area contributed by atoms with E-state index in [9.17, 15) is 8.78 Å². The molecule has 0 aliphatic rings. The number of nitrogens with one attached hydrogen (secondary N) is 1. The van der Waals surface area contributed by atoms with E-state index < -0.39 is 17.4 Å². The predicted molar refractivity (Wildman–Crippen MR) is 80.7 cm³/mol. The summed E-state index contributed by atoms with van der Waals surface area (Å²) >= 11 is 17.5. The fourth-order valence-electron chi connectivity index (χ4n) is 1.71. The van der Waals surface area contributed by atoms with E-state index in [1.807, 2.05) is 0 Å². The van der Waals surface area contributed by atoms with Gasteiger partial charge in [-0.1, -0.05) is 34.8 Å². The Hall–Kier alpha value is -1.07. The van der Waals surface area contributed by atoms with E-state index in [1.165, 1.54) is 24.3 Å². The second kappa shape index (κ2) is 6.79. The molecule has 0 amide bonds. The van der Waals surface area contributed by atoms with Crippen molar-refractivity contribution in [2.75, 3.05) is 7.05 Å². The van der Waals surface area contributed by atoms with Crippen LogP contribution in [0.4, 0.5) is 8.78 Å². The van der Waals surface area contributed by atoms with Gasteiger partial charge in [0.05, 0.1) is 15.1 Å². The molecule has 21 heavy (non-hydrogen) atoms. The lowest BCUT2D eigenvalue weighted by Crippen LogP contribution is -2.06. The number of hydrogen-bond acceptors (Lipinski definition) is 2. The minimum Gasteiger partial charge on any atom is -0.450 e. The first-order valence-electron chi connectivity index (χ1n) is 5.87. The van der Waals surface area contributed by atoms with E-state index in [0.717, 1.165) is 0 Å². The molecule has 0 unspecified atom stereocenters. The third kappa shape index (κ3) is 3.77. The summed E-state index contributed by atoms with van der Waals surface area (Å²) in [4.78, 5) is 0. The highest BCUT2D eigenvalue weighted by Gasteiger charge is 2.16. The maximum absolute atomic E-state index is 13.9. The zero-order chi connectivity index (χ0) is 15.6. The third-order valence-corrected chi connectivity index (χ3v) is 3.64. The van der Waals surface area contributed by atoms with Gasteiger partial charge in [0.1, 0.15) is 5.75 Å². The number of benzene rings is 2. The van der Waals surface area contributed by atoms with Gasteiger partial charge in [0.15, 0.2) is 17.4 Å². The summed E-state index contributed by atoms with van der Waals surface area (Å²) in [5.74, 6) is -2.19. The lowest BCUT2D eigenvalue weighted by atomic mass is 10.2. The molecule has 0 spiro atoms. The van der Waals surface area contributed by atoms with Crippen LogP contribution in [-0.2, 0) is 6.54 Å². The van der Waals surface area contributed by atoms with Gasteiger partial charge >= 0.3 is 0 Å². The molecule has 2 rings (SSSR count). The second-order valence-corrected chi connectivity index (χ2v) is 5.44. The van der Waals surface area contributed by atoms with Gasteiger partial charge in [-0.25, -0.2) is 8.78 Å². The van der Waals surface area contributed by atoms with E-state index in [-0.39, 0.29) is 20.8 Å². The molecule has 1 N–H and O–H groups in total. The van der Waals surface area contributed by atoms with Gasteiger partial charge in [0.2, 0.25) is 0 Å². The Balaban J connectivity index is 2.38. The summed E-state index contributed by atoms with van der Waals surface area (Å²) in [5.41, 5.74) is 0.458. The van der Waals surface area contributed by atoms with Crippen LogP contribution in [0, 0.1) is 11.6 Å². The standard InChI is InChI=1S/C14H10Cl3F2NO/c1-20-6-7-2-11(18)14(12(19)3-7)21-13-5-9(16)8(15)4-10(13)17/h2-5,20H,6H2,1H3. The zero-order valence-electron chi connectivity index (χ0n) is 10.8. The Labute approximate surface area is 135 Å². The van der Waals surface area contributed by atoms with Crippen molar-refractivity contribution in [3.05, 3.63) is 56.5 Å². The summed E-state index contributed by atoms with van der Waals surface area (Å²) in [5, 5.41) is 3.29. The lowest BCUT2D eigenvalue weighted by Gasteiger charge is -2.12. The van der Waals surface area contributed by atoms with Crippen molar-refractivity contribution < 1.29 is 13.5 Å². The Kier molecular flexibility index (Phi) is 5.27. The van der Waals surface area contributed by atoms with Crippen LogP contribution >= 0.6 is 34.8 Å². The summed E-state index contributed by atoms with van der Waals surface area (Å²) in [6.07, 6.45) is 0. The molecule has 0 atom stereocenters. The smallest absolute Gasteiger partial charge is 0.198 e. The van der Waals surface area contributed by atoms with Crippen LogP contribution in [0.25, 0.3) is 0 Å². The molecular formula is C14H10Cl3F2NO. The van der Waals surface area contributed by atoms with Crippen LogP contribution in [0.2, 0.25) is 15.1 Å². The highest BCUT2D eigenvalue weighted by Crippen LogP contribution is 2.38. The summed E-state index contributed by atoms with van der Waals surface area (Å²) < 4.78 is 33.1. The molecule has 0 aliphatic carbocycles. The molecule has 0 aromatic heterocycles. The van der Waals surface area contributed by atoms with Crippen molar-refractivity contribution in [3.63, 3.8) is 0 Å². The van der Waals surface area contributed by atoms with Gasteiger partial charge in [-0.2, -0.15) is 0 Å². The summed E-state index contributed by atoms with van der Waals surface area (Å²) in [6.45, 7) is 0.335. The maximum atomic E-state index is 13.9. The molecule has 2 nitrogen and oxygen atoms in total. The topological polar surface area (TPSA) is 21.3 Å². The molecule has 0 radical (unpaired) electrons. The Bertz CT molecular complexity index is 657. The molecule has 0 bridgehead atoms.